The molecule has 3 heterocycles. The van der Waals surface area contributed by atoms with Crippen molar-refractivity contribution in [2.24, 2.45) is 11.3 Å². The standard InChI is InChI=1S/C16H21F3N2OS/c1-12(6-13-2-4-20-14(7-13)16(17,18)19)8-21-5-3-15(9-21)10-23(22)11-15/h2,4,7,12H,3,5-6,8-11H2,1H3. The molecule has 7 heteroatoms. The van der Waals surface area contributed by atoms with Crippen molar-refractivity contribution in [2.75, 3.05) is 31.1 Å². The molecular weight excluding hydrogens is 325 g/mol. The monoisotopic (exact) mass is 346 g/mol. The van der Waals surface area contributed by atoms with E-state index in [2.05, 4.69) is 16.8 Å². The van der Waals surface area contributed by atoms with E-state index in [-0.39, 0.29) is 11.3 Å². The predicted molar refractivity (Wildman–Crippen MR) is 83.5 cm³/mol. The first-order valence-electron chi connectivity index (χ1n) is 7.85. The molecule has 2 aliphatic rings. The summed E-state index contributed by atoms with van der Waals surface area (Å²) in [6, 6.07) is 2.81. The zero-order chi connectivity index (χ0) is 16.7. The first-order chi connectivity index (χ1) is 10.8. The van der Waals surface area contributed by atoms with Gasteiger partial charge >= 0.3 is 6.18 Å². The Morgan fingerprint density at radius 3 is 2.83 bits per heavy atom. The topological polar surface area (TPSA) is 39.2 Å². The van der Waals surface area contributed by atoms with Gasteiger partial charge in [-0.3, -0.25) is 4.98 Å². The average Bonchev–Trinajstić information content (AvgIpc) is 2.81. The third-order valence-corrected chi connectivity index (χ3v) is 6.59. The van der Waals surface area contributed by atoms with Gasteiger partial charge in [0, 0.05) is 19.3 Å². The van der Waals surface area contributed by atoms with Gasteiger partial charge in [-0.25, -0.2) is 0 Å². The fourth-order valence-corrected chi connectivity index (χ4v) is 5.48. The Bertz CT molecular complexity index is 561. The van der Waals surface area contributed by atoms with E-state index < -0.39 is 23.0 Å². The van der Waals surface area contributed by atoms with Crippen LogP contribution in [-0.2, 0) is 23.8 Å². The van der Waals surface area contributed by atoms with Crippen LogP contribution in [0.1, 0.15) is 24.6 Å². The van der Waals surface area contributed by atoms with Crippen LogP contribution < -0.4 is 0 Å². The molecule has 0 saturated carbocycles. The van der Waals surface area contributed by atoms with Crippen molar-refractivity contribution >= 4 is 11.2 Å². The molecule has 1 aromatic rings. The van der Waals surface area contributed by atoms with Gasteiger partial charge in [0.1, 0.15) is 17.2 Å². The first kappa shape index (κ1) is 17.0. The predicted octanol–water partition coefficient (Wildman–Crippen LogP) is 2.73. The molecule has 1 aromatic heterocycles. The Morgan fingerprint density at radius 2 is 2.17 bits per heavy atom. The molecule has 0 bridgehead atoms. The molecule has 0 aromatic carbocycles. The van der Waals surface area contributed by atoms with Crippen LogP contribution in [0.2, 0.25) is 0 Å². The first-order valence-corrected chi connectivity index (χ1v) is 9.34. The molecule has 1 spiro atoms. The van der Waals surface area contributed by atoms with Crippen LogP contribution in [0.5, 0.6) is 0 Å². The highest BCUT2D eigenvalue weighted by Gasteiger charge is 2.52. The fraction of sp³-hybridized carbons (Fsp3) is 0.688. The SMILES string of the molecule is CC(Cc1ccnc(C(F)(F)F)c1)CN1CCC2(C1)C[S+]([O-])C2. The number of aromatic nitrogens is 1. The van der Waals surface area contributed by atoms with Crippen LogP contribution in [0, 0.1) is 11.3 Å². The van der Waals surface area contributed by atoms with E-state index in [0.717, 1.165) is 43.6 Å². The third-order valence-electron chi connectivity index (χ3n) is 4.72. The van der Waals surface area contributed by atoms with Crippen molar-refractivity contribution in [1.29, 1.82) is 0 Å². The number of halogens is 3. The molecule has 2 aliphatic heterocycles. The Kier molecular flexibility index (Phi) is 4.64. The highest BCUT2D eigenvalue weighted by atomic mass is 32.2. The van der Waals surface area contributed by atoms with Crippen molar-refractivity contribution in [3.8, 4) is 0 Å². The fourth-order valence-electron chi connectivity index (χ4n) is 3.72. The van der Waals surface area contributed by atoms with Crippen molar-refractivity contribution in [1.82, 2.24) is 9.88 Å². The van der Waals surface area contributed by atoms with Gasteiger partial charge in [0.25, 0.3) is 0 Å². The van der Waals surface area contributed by atoms with Crippen LogP contribution in [0.3, 0.4) is 0 Å². The highest BCUT2D eigenvalue weighted by molar-refractivity contribution is 7.92. The second-order valence-electron chi connectivity index (χ2n) is 7.07. The molecule has 3 rings (SSSR count). The smallest absolute Gasteiger partial charge is 0.433 e. The molecule has 2 saturated heterocycles. The number of hydrogen-bond donors (Lipinski definition) is 0. The summed E-state index contributed by atoms with van der Waals surface area (Å²) in [6.07, 6.45) is -1.44. The van der Waals surface area contributed by atoms with E-state index in [1.165, 1.54) is 6.20 Å². The van der Waals surface area contributed by atoms with Gasteiger partial charge in [0.15, 0.2) is 0 Å². The second-order valence-corrected chi connectivity index (χ2v) is 8.53. The van der Waals surface area contributed by atoms with Crippen LogP contribution in [0.15, 0.2) is 18.3 Å². The summed E-state index contributed by atoms with van der Waals surface area (Å²) in [5.41, 5.74) is 0.114. The molecule has 3 nitrogen and oxygen atoms in total. The van der Waals surface area contributed by atoms with Crippen LogP contribution in [0.4, 0.5) is 13.2 Å². The minimum atomic E-state index is -4.39. The maximum Gasteiger partial charge on any atom is 0.433 e. The molecule has 1 unspecified atom stereocenters. The summed E-state index contributed by atoms with van der Waals surface area (Å²) in [7, 11) is 0. The lowest BCUT2D eigenvalue weighted by molar-refractivity contribution is -0.141. The maximum absolute atomic E-state index is 12.7. The Hall–Kier alpha value is -0.790. The quantitative estimate of drug-likeness (QED) is 0.787. The molecule has 0 amide bonds. The van der Waals surface area contributed by atoms with Gasteiger partial charge in [-0.1, -0.05) is 18.1 Å². The number of pyridine rings is 1. The van der Waals surface area contributed by atoms with Gasteiger partial charge in [-0.15, -0.1) is 0 Å². The molecular formula is C16H21F3N2OS. The van der Waals surface area contributed by atoms with Gasteiger partial charge in [-0.2, -0.15) is 13.2 Å². The molecule has 0 radical (unpaired) electrons. The summed E-state index contributed by atoms with van der Waals surface area (Å²) in [4.78, 5) is 5.77. The van der Waals surface area contributed by atoms with Crippen molar-refractivity contribution in [3.63, 3.8) is 0 Å². The van der Waals surface area contributed by atoms with Crippen LogP contribution in [0.25, 0.3) is 0 Å². The summed E-state index contributed by atoms with van der Waals surface area (Å²) in [5.74, 6) is 1.91. The Morgan fingerprint density at radius 1 is 1.43 bits per heavy atom. The largest absolute Gasteiger partial charge is 0.616 e. The maximum atomic E-state index is 12.7. The summed E-state index contributed by atoms with van der Waals surface area (Å²) in [5, 5.41) is 0. The summed E-state index contributed by atoms with van der Waals surface area (Å²) < 4.78 is 49.4. The zero-order valence-electron chi connectivity index (χ0n) is 13.1. The van der Waals surface area contributed by atoms with E-state index in [9.17, 15) is 17.7 Å². The number of alkyl halides is 3. The molecule has 0 aliphatic carbocycles. The van der Waals surface area contributed by atoms with Gasteiger partial charge in [0.2, 0.25) is 0 Å². The zero-order valence-corrected chi connectivity index (χ0v) is 13.9. The van der Waals surface area contributed by atoms with E-state index in [1.807, 2.05) is 0 Å². The number of rotatable bonds is 4. The Balaban J connectivity index is 1.53. The number of nitrogens with zero attached hydrogens (tertiary/aromatic N) is 2. The minimum Gasteiger partial charge on any atom is -0.616 e. The molecule has 23 heavy (non-hydrogen) atoms. The molecule has 2 fully saturated rings. The van der Waals surface area contributed by atoms with E-state index >= 15 is 0 Å². The van der Waals surface area contributed by atoms with Crippen molar-refractivity contribution in [2.45, 2.75) is 25.9 Å². The summed E-state index contributed by atoms with van der Waals surface area (Å²) in [6.45, 7) is 4.93. The highest BCUT2D eigenvalue weighted by Crippen LogP contribution is 2.41. The summed E-state index contributed by atoms with van der Waals surface area (Å²) >= 11 is -0.632. The second kappa shape index (κ2) is 6.26. The van der Waals surface area contributed by atoms with Gasteiger partial charge < -0.3 is 9.45 Å². The van der Waals surface area contributed by atoms with Crippen LogP contribution >= 0.6 is 0 Å². The van der Waals surface area contributed by atoms with E-state index in [1.54, 1.807) is 6.07 Å². The lowest BCUT2D eigenvalue weighted by Gasteiger charge is -2.39. The molecule has 0 N–H and O–H groups in total. The molecule has 1 atom stereocenters. The molecule has 128 valence electrons. The van der Waals surface area contributed by atoms with Crippen molar-refractivity contribution < 1.29 is 17.7 Å². The van der Waals surface area contributed by atoms with Crippen LogP contribution in [-0.4, -0.2) is 45.6 Å². The average molecular weight is 346 g/mol. The third kappa shape index (κ3) is 4.00. The lowest BCUT2D eigenvalue weighted by atomic mass is 9.91. The van der Waals surface area contributed by atoms with Gasteiger partial charge in [0.05, 0.1) is 5.41 Å². The Labute approximate surface area is 137 Å². The van der Waals surface area contributed by atoms with E-state index in [0.29, 0.717) is 12.0 Å². The number of likely N-dealkylation sites (tertiary alicyclic amines) is 1. The normalized spacial score (nSPS) is 29.7. The lowest BCUT2D eigenvalue weighted by Crippen LogP contribution is -2.50. The minimum absolute atomic E-state index is 0.255. The van der Waals surface area contributed by atoms with Gasteiger partial charge in [-0.05, 0) is 43.0 Å². The van der Waals surface area contributed by atoms with Crippen molar-refractivity contribution in [3.05, 3.63) is 29.6 Å². The number of hydrogen-bond acceptors (Lipinski definition) is 3. The van der Waals surface area contributed by atoms with E-state index in [4.69, 9.17) is 0 Å².